The summed E-state index contributed by atoms with van der Waals surface area (Å²) in [7, 11) is 0. The highest BCUT2D eigenvalue weighted by molar-refractivity contribution is 5.66. The van der Waals surface area contributed by atoms with Gasteiger partial charge in [-0.2, -0.15) is 5.10 Å². The molecule has 4 heteroatoms. The summed E-state index contributed by atoms with van der Waals surface area (Å²) in [6.45, 7) is 9.81. The maximum atomic E-state index is 14.4. The van der Waals surface area contributed by atoms with Crippen molar-refractivity contribution in [1.82, 2.24) is 15.1 Å². The zero-order chi connectivity index (χ0) is 15.4. The van der Waals surface area contributed by atoms with Crippen molar-refractivity contribution < 1.29 is 4.39 Å². The monoisotopic (exact) mass is 289 g/mol. The van der Waals surface area contributed by atoms with Gasteiger partial charge in [-0.1, -0.05) is 32.9 Å². The second-order valence-electron chi connectivity index (χ2n) is 5.72. The van der Waals surface area contributed by atoms with Gasteiger partial charge in [0.25, 0.3) is 0 Å². The molecule has 0 aliphatic heterocycles. The average molecular weight is 289 g/mol. The molecular formula is C17H24FN3. The van der Waals surface area contributed by atoms with Crippen LogP contribution in [0.2, 0.25) is 0 Å². The van der Waals surface area contributed by atoms with Crippen molar-refractivity contribution >= 4 is 0 Å². The molecule has 0 aliphatic rings. The van der Waals surface area contributed by atoms with E-state index in [1.807, 2.05) is 23.7 Å². The highest BCUT2D eigenvalue weighted by Crippen LogP contribution is 2.26. The Morgan fingerprint density at radius 2 is 2.05 bits per heavy atom. The smallest absolute Gasteiger partial charge is 0.131 e. The molecule has 0 saturated carbocycles. The quantitative estimate of drug-likeness (QED) is 0.874. The molecule has 0 bridgehead atoms. The molecule has 0 fully saturated rings. The van der Waals surface area contributed by atoms with Gasteiger partial charge in [0.15, 0.2) is 0 Å². The fourth-order valence-electron chi connectivity index (χ4n) is 2.36. The van der Waals surface area contributed by atoms with Crippen LogP contribution in [-0.4, -0.2) is 15.8 Å². The molecule has 0 unspecified atom stereocenters. The van der Waals surface area contributed by atoms with Gasteiger partial charge in [-0.25, -0.2) is 4.39 Å². The lowest BCUT2D eigenvalue weighted by Gasteiger charge is -2.10. The molecule has 114 valence electrons. The maximum Gasteiger partial charge on any atom is 0.131 e. The van der Waals surface area contributed by atoms with Crippen molar-refractivity contribution in [3.63, 3.8) is 0 Å². The second kappa shape index (κ2) is 6.85. The van der Waals surface area contributed by atoms with Crippen LogP contribution in [0, 0.1) is 12.7 Å². The van der Waals surface area contributed by atoms with Crippen LogP contribution in [-0.2, 0) is 13.1 Å². The predicted octanol–water partition coefficient (Wildman–Crippen LogP) is 3.91. The molecule has 0 radical (unpaired) electrons. The van der Waals surface area contributed by atoms with E-state index >= 15 is 0 Å². The summed E-state index contributed by atoms with van der Waals surface area (Å²) < 4.78 is 16.3. The SMILES string of the molecule is CCCn1ncc(-c2ccc(CNC(C)C)cc2F)c1C. The van der Waals surface area contributed by atoms with Crippen molar-refractivity contribution in [2.45, 2.75) is 53.2 Å². The van der Waals surface area contributed by atoms with E-state index in [-0.39, 0.29) is 5.82 Å². The van der Waals surface area contributed by atoms with Gasteiger partial charge in [0.05, 0.1) is 6.20 Å². The number of benzene rings is 1. The Kier molecular flexibility index (Phi) is 5.12. The van der Waals surface area contributed by atoms with Crippen molar-refractivity contribution in [2.75, 3.05) is 0 Å². The fraction of sp³-hybridized carbons (Fsp3) is 0.471. The fourth-order valence-corrected chi connectivity index (χ4v) is 2.36. The first-order valence-electron chi connectivity index (χ1n) is 7.57. The van der Waals surface area contributed by atoms with Gasteiger partial charge in [0, 0.05) is 36.0 Å². The first kappa shape index (κ1) is 15.7. The topological polar surface area (TPSA) is 29.9 Å². The molecule has 0 saturated heterocycles. The molecule has 1 N–H and O–H groups in total. The molecule has 0 spiro atoms. The van der Waals surface area contributed by atoms with Crippen LogP contribution in [0.15, 0.2) is 24.4 Å². The molecule has 0 amide bonds. The van der Waals surface area contributed by atoms with Crippen molar-refractivity contribution in [2.24, 2.45) is 0 Å². The minimum Gasteiger partial charge on any atom is -0.310 e. The number of halogens is 1. The Bertz CT molecular complexity index is 602. The number of nitrogens with one attached hydrogen (secondary N) is 1. The lowest BCUT2D eigenvalue weighted by molar-refractivity contribution is 0.581. The Hall–Kier alpha value is -1.68. The van der Waals surface area contributed by atoms with Crippen LogP contribution in [0.25, 0.3) is 11.1 Å². The number of aromatic nitrogens is 2. The number of rotatable bonds is 6. The highest BCUT2D eigenvalue weighted by Gasteiger charge is 2.12. The van der Waals surface area contributed by atoms with Crippen molar-refractivity contribution in [1.29, 1.82) is 0 Å². The minimum absolute atomic E-state index is 0.183. The van der Waals surface area contributed by atoms with Crippen molar-refractivity contribution in [3.05, 3.63) is 41.5 Å². The van der Waals surface area contributed by atoms with Crippen LogP contribution in [0.1, 0.15) is 38.4 Å². The maximum absolute atomic E-state index is 14.4. The standard InChI is InChI=1S/C17H24FN3/c1-5-8-21-13(4)16(11-20-21)15-7-6-14(9-17(15)18)10-19-12(2)3/h6-7,9,11-12,19H,5,8,10H2,1-4H3. The van der Waals surface area contributed by atoms with Gasteiger partial charge >= 0.3 is 0 Å². The van der Waals surface area contributed by atoms with Crippen LogP contribution < -0.4 is 5.32 Å². The van der Waals surface area contributed by atoms with Crippen molar-refractivity contribution in [3.8, 4) is 11.1 Å². The van der Waals surface area contributed by atoms with Gasteiger partial charge in [0.2, 0.25) is 0 Å². The van der Waals surface area contributed by atoms with Gasteiger partial charge < -0.3 is 5.32 Å². The Morgan fingerprint density at radius 1 is 1.29 bits per heavy atom. The molecule has 1 heterocycles. The van der Waals surface area contributed by atoms with E-state index < -0.39 is 0 Å². The van der Waals surface area contributed by atoms with Crippen LogP contribution in [0.5, 0.6) is 0 Å². The molecule has 2 aromatic rings. The second-order valence-corrected chi connectivity index (χ2v) is 5.72. The Morgan fingerprint density at radius 3 is 2.67 bits per heavy atom. The van der Waals surface area contributed by atoms with Gasteiger partial charge in [-0.05, 0) is 25.0 Å². The molecule has 3 nitrogen and oxygen atoms in total. The molecule has 2 rings (SSSR count). The number of aryl methyl sites for hydroxylation is 1. The van der Waals surface area contributed by atoms with E-state index in [1.165, 1.54) is 0 Å². The molecular weight excluding hydrogens is 265 g/mol. The third kappa shape index (κ3) is 3.70. The molecule has 1 aromatic heterocycles. The molecule has 21 heavy (non-hydrogen) atoms. The summed E-state index contributed by atoms with van der Waals surface area (Å²) in [6, 6.07) is 5.83. The lowest BCUT2D eigenvalue weighted by Crippen LogP contribution is -2.21. The van der Waals surface area contributed by atoms with E-state index in [0.717, 1.165) is 29.8 Å². The lowest BCUT2D eigenvalue weighted by atomic mass is 10.0. The Labute approximate surface area is 126 Å². The van der Waals surface area contributed by atoms with Gasteiger partial charge in [-0.15, -0.1) is 0 Å². The van der Waals surface area contributed by atoms with Gasteiger partial charge in [-0.3, -0.25) is 4.68 Å². The third-order valence-electron chi connectivity index (χ3n) is 3.58. The van der Waals surface area contributed by atoms with Gasteiger partial charge in [0.1, 0.15) is 5.82 Å². The van der Waals surface area contributed by atoms with Crippen LogP contribution >= 0.6 is 0 Å². The highest BCUT2D eigenvalue weighted by atomic mass is 19.1. The van der Waals surface area contributed by atoms with E-state index in [4.69, 9.17) is 0 Å². The van der Waals surface area contributed by atoms with E-state index in [0.29, 0.717) is 18.2 Å². The third-order valence-corrected chi connectivity index (χ3v) is 3.58. The molecule has 0 atom stereocenters. The summed E-state index contributed by atoms with van der Waals surface area (Å²) in [5.41, 5.74) is 3.49. The largest absolute Gasteiger partial charge is 0.310 e. The first-order valence-corrected chi connectivity index (χ1v) is 7.57. The normalized spacial score (nSPS) is 11.3. The zero-order valence-electron chi connectivity index (χ0n) is 13.3. The van der Waals surface area contributed by atoms with E-state index in [9.17, 15) is 4.39 Å². The summed E-state index contributed by atoms with van der Waals surface area (Å²) in [4.78, 5) is 0. The number of nitrogens with zero attached hydrogens (tertiary/aromatic N) is 2. The number of hydrogen-bond acceptors (Lipinski definition) is 2. The summed E-state index contributed by atoms with van der Waals surface area (Å²) >= 11 is 0. The average Bonchev–Trinajstić information content (AvgIpc) is 2.79. The first-order chi connectivity index (χ1) is 10.0. The minimum atomic E-state index is -0.183. The summed E-state index contributed by atoms with van der Waals surface area (Å²) in [6.07, 6.45) is 2.78. The molecule has 1 aromatic carbocycles. The predicted molar refractivity (Wildman–Crippen MR) is 84.6 cm³/mol. The Balaban J connectivity index is 2.24. The van der Waals surface area contributed by atoms with E-state index in [2.05, 4.69) is 31.2 Å². The van der Waals surface area contributed by atoms with E-state index in [1.54, 1.807) is 12.3 Å². The van der Waals surface area contributed by atoms with Crippen LogP contribution in [0.3, 0.4) is 0 Å². The van der Waals surface area contributed by atoms with Crippen LogP contribution in [0.4, 0.5) is 4.39 Å². The summed E-state index contributed by atoms with van der Waals surface area (Å²) in [5, 5.41) is 7.64. The summed E-state index contributed by atoms with van der Waals surface area (Å²) in [5.74, 6) is -0.183. The number of hydrogen-bond donors (Lipinski definition) is 1. The zero-order valence-corrected chi connectivity index (χ0v) is 13.3. The molecule has 0 aliphatic carbocycles.